The van der Waals surface area contributed by atoms with Crippen molar-refractivity contribution in [1.29, 1.82) is 0 Å². The van der Waals surface area contributed by atoms with Gasteiger partial charge in [-0.1, -0.05) is 19.3 Å². The van der Waals surface area contributed by atoms with Crippen molar-refractivity contribution in [1.82, 2.24) is 9.88 Å². The normalized spacial score (nSPS) is 16.7. The van der Waals surface area contributed by atoms with Crippen molar-refractivity contribution in [3.05, 3.63) is 29.3 Å². The minimum absolute atomic E-state index is 0.00175. The van der Waals surface area contributed by atoms with Gasteiger partial charge in [0.1, 0.15) is 5.69 Å². The van der Waals surface area contributed by atoms with E-state index in [0.29, 0.717) is 16.9 Å². The second-order valence-electron chi connectivity index (χ2n) is 6.44. The molecule has 2 aliphatic rings. The summed E-state index contributed by atoms with van der Waals surface area (Å²) >= 11 is 1.43. The van der Waals surface area contributed by atoms with Crippen LogP contribution in [0.2, 0.25) is 0 Å². The predicted molar refractivity (Wildman–Crippen MR) is 96.9 cm³/mol. The van der Waals surface area contributed by atoms with Crippen molar-refractivity contribution in [3.8, 4) is 11.5 Å². The van der Waals surface area contributed by atoms with Crippen molar-refractivity contribution in [3.63, 3.8) is 0 Å². The second-order valence-corrected chi connectivity index (χ2v) is 7.30. The highest BCUT2D eigenvalue weighted by Crippen LogP contribution is 2.35. The van der Waals surface area contributed by atoms with Crippen LogP contribution in [0.25, 0.3) is 0 Å². The number of rotatable bonds is 4. The zero-order chi connectivity index (χ0) is 17.2. The molecule has 1 saturated carbocycles. The lowest BCUT2D eigenvalue weighted by Gasteiger charge is -2.30. The first-order valence-corrected chi connectivity index (χ1v) is 9.48. The van der Waals surface area contributed by atoms with Gasteiger partial charge in [0.2, 0.25) is 6.79 Å². The molecule has 1 fully saturated rings. The molecule has 0 atom stereocenters. The molecule has 1 aromatic carbocycles. The van der Waals surface area contributed by atoms with E-state index in [1.807, 2.05) is 35.5 Å². The lowest BCUT2D eigenvalue weighted by Crippen LogP contribution is -2.38. The molecule has 0 radical (unpaired) electrons. The van der Waals surface area contributed by atoms with Crippen LogP contribution in [-0.2, 0) is 0 Å². The van der Waals surface area contributed by atoms with Crippen LogP contribution in [0.4, 0.5) is 10.8 Å². The first kappa shape index (κ1) is 16.2. The number of carbonyl (C=O) groups is 1. The van der Waals surface area contributed by atoms with E-state index in [0.717, 1.165) is 30.0 Å². The number of amides is 1. The van der Waals surface area contributed by atoms with Crippen molar-refractivity contribution in [2.24, 2.45) is 0 Å². The van der Waals surface area contributed by atoms with Gasteiger partial charge < -0.3 is 19.7 Å². The molecule has 6 nitrogen and oxygen atoms in total. The number of benzene rings is 1. The predicted octanol–water partition coefficient (Wildman–Crippen LogP) is 4.02. The molecule has 2 aromatic rings. The SMILES string of the molecule is CN(C(=O)c1csc(Nc2ccc3c(c2)OCO3)n1)C1CCCCC1. The van der Waals surface area contributed by atoms with E-state index < -0.39 is 0 Å². The van der Waals surface area contributed by atoms with Gasteiger partial charge in [-0.3, -0.25) is 4.79 Å². The molecule has 7 heteroatoms. The van der Waals surface area contributed by atoms with Crippen LogP contribution in [0, 0.1) is 0 Å². The number of thiazole rings is 1. The Kier molecular flexibility index (Phi) is 4.48. The molecule has 4 rings (SSSR count). The maximum Gasteiger partial charge on any atom is 0.273 e. The largest absolute Gasteiger partial charge is 0.454 e. The average molecular weight is 359 g/mol. The Morgan fingerprint density at radius 1 is 1.24 bits per heavy atom. The summed E-state index contributed by atoms with van der Waals surface area (Å²) < 4.78 is 10.7. The standard InChI is InChI=1S/C18H21N3O3S/c1-21(13-5-3-2-4-6-13)17(22)14-10-25-18(20-14)19-12-7-8-15-16(9-12)24-11-23-15/h7-10,13H,2-6,11H2,1H3,(H,19,20). The van der Waals surface area contributed by atoms with Crippen molar-refractivity contribution in [2.45, 2.75) is 38.1 Å². The van der Waals surface area contributed by atoms with E-state index in [1.165, 1.54) is 30.6 Å². The average Bonchev–Trinajstić information content (AvgIpc) is 3.30. The highest BCUT2D eigenvalue weighted by Gasteiger charge is 2.24. The number of nitrogens with zero attached hydrogens (tertiary/aromatic N) is 2. The van der Waals surface area contributed by atoms with E-state index in [9.17, 15) is 4.79 Å². The summed E-state index contributed by atoms with van der Waals surface area (Å²) in [5.41, 5.74) is 1.36. The lowest BCUT2D eigenvalue weighted by molar-refractivity contribution is 0.0691. The molecule has 0 unspecified atom stereocenters. The molecule has 0 spiro atoms. The molecule has 1 aromatic heterocycles. The summed E-state index contributed by atoms with van der Waals surface area (Å²) in [6, 6.07) is 5.98. The molecule has 1 N–H and O–H groups in total. The molecule has 1 amide bonds. The number of ether oxygens (including phenoxy) is 2. The van der Waals surface area contributed by atoms with Gasteiger partial charge in [-0.05, 0) is 25.0 Å². The number of aromatic nitrogens is 1. The van der Waals surface area contributed by atoms with Crippen LogP contribution in [0.15, 0.2) is 23.6 Å². The fourth-order valence-electron chi connectivity index (χ4n) is 3.34. The minimum Gasteiger partial charge on any atom is -0.454 e. The van der Waals surface area contributed by atoms with Gasteiger partial charge in [-0.15, -0.1) is 11.3 Å². The van der Waals surface area contributed by atoms with Gasteiger partial charge in [0, 0.05) is 30.2 Å². The quantitative estimate of drug-likeness (QED) is 0.893. The third-order valence-corrected chi connectivity index (χ3v) is 5.55. The molecule has 132 valence electrons. The van der Waals surface area contributed by atoms with Gasteiger partial charge in [0.15, 0.2) is 16.6 Å². The molecule has 1 aliphatic heterocycles. The van der Waals surface area contributed by atoms with Crippen LogP contribution in [0.5, 0.6) is 11.5 Å². The molecule has 25 heavy (non-hydrogen) atoms. The molecular weight excluding hydrogens is 338 g/mol. The van der Waals surface area contributed by atoms with Crippen molar-refractivity contribution in [2.75, 3.05) is 19.2 Å². The van der Waals surface area contributed by atoms with Gasteiger partial charge in [-0.25, -0.2) is 4.98 Å². The van der Waals surface area contributed by atoms with Crippen molar-refractivity contribution < 1.29 is 14.3 Å². The summed E-state index contributed by atoms with van der Waals surface area (Å²) in [6.45, 7) is 0.252. The van der Waals surface area contributed by atoms with E-state index in [2.05, 4.69) is 10.3 Å². The zero-order valence-electron chi connectivity index (χ0n) is 14.2. The Hall–Kier alpha value is -2.28. The Balaban J connectivity index is 1.43. The molecule has 2 heterocycles. The lowest BCUT2D eigenvalue weighted by atomic mass is 9.94. The van der Waals surface area contributed by atoms with E-state index in [1.54, 1.807) is 0 Å². The highest BCUT2D eigenvalue weighted by molar-refractivity contribution is 7.14. The maximum absolute atomic E-state index is 12.7. The van der Waals surface area contributed by atoms with Gasteiger partial charge in [-0.2, -0.15) is 0 Å². The number of carbonyl (C=O) groups excluding carboxylic acids is 1. The topological polar surface area (TPSA) is 63.7 Å². The van der Waals surface area contributed by atoms with Crippen LogP contribution < -0.4 is 14.8 Å². The Bertz CT molecular complexity index is 771. The number of anilines is 2. The summed E-state index contributed by atoms with van der Waals surface area (Å²) in [7, 11) is 1.89. The minimum atomic E-state index is 0.00175. The zero-order valence-corrected chi connectivity index (χ0v) is 15.0. The monoisotopic (exact) mass is 359 g/mol. The Morgan fingerprint density at radius 2 is 2.04 bits per heavy atom. The van der Waals surface area contributed by atoms with E-state index in [4.69, 9.17) is 9.47 Å². The van der Waals surface area contributed by atoms with Crippen molar-refractivity contribution >= 4 is 28.1 Å². The molecular formula is C18H21N3O3S. The third kappa shape index (κ3) is 3.42. The van der Waals surface area contributed by atoms with Crippen LogP contribution in [-0.4, -0.2) is 35.7 Å². The fourth-order valence-corrected chi connectivity index (χ4v) is 4.05. The fraction of sp³-hybridized carbons (Fsp3) is 0.444. The van der Waals surface area contributed by atoms with Gasteiger partial charge >= 0.3 is 0 Å². The summed E-state index contributed by atoms with van der Waals surface area (Å²) in [4.78, 5) is 19.0. The number of hydrogen-bond acceptors (Lipinski definition) is 6. The maximum atomic E-state index is 12.7. The number of fused-ring (bicyclic) bond motifs is 1. The smallest absolute Gasteiger partial charge is 0.273 e. The summed E-state index contributed by atoms with van der Waals surface area (Å²) in [5, 5.41) is 5.74. The van der Waals surface area contributed by atoms with Gasteiger partial charge in [0.25, 0.3) is 5.91 Å². The van der Waals surface area contributed by atoms with E-state index in [-0.39, 0.29) is 12.7 Å². The molecule has 1 aliphatic carbocycles. The molecule has 0 bridgehead atoms. The Labute approximate surface area is 150 Å². The molecule has 0 saturated heterocycles. The first-order chi connectivity index (χ1) is 12.2. The van der Waals surface area contributed by atoms with Crippen LogP contribution >= 0.6 is 11.3 Å². The van der Waals surface area contributed by atoms with E-state index >= 15 is 0 Å². The Morgan fingerprint density at radius 3 is 2.88 bits per heavy atom. The third-order valence-electron chi connectivity index (χ3n) is 4.79. The summed E-state index contributed by atoms with van der Waals surface area (Å²) in [5.74, 6) is 1.46. The second kappa shape index (κ2) is 6.92. The van der Waals surface area contributed by atoms with Gasteiger partial charge in [0.05, 0.1) is 0 Å². The highest BCUT2D eigenvalue weighted by atomic mass is 32.1. The number of nitrogens with one attached hydrogen (secondary N) is 1. The first-order valence-electron chi connectivity index (χ1n) is 8.60. The summed E-state index contributed by atoms with van der Waals surface area (Å²) in [6.07, 6.45) is 5.87. The van der Waals surface area contributed by atoms with Crippen LogP contribution in [0.3, 0.4) is 0 Å². The number of hydrogen-bond donors (Lipinski definition) is 1. The van der Waals surface area contributed by atoms with Crippen LogP contribution in [0.1, 0.15) is 42.6 Å².